The monoisotopic (exact) mass is 354 g/mol. The van der Waals surface area contributed by atoms with E-state index in [1.54, 1.807) is 0 Å². The maximum atomic E-state index is 12.5. The lowest BCUT2D eigenvalue weighted by molar-refractivity contribution is -0.145. The predicted octanol–water partition coefficient (Wildman–Crippen LogP) is 1.51. The molecule has 2 aliphatic heterocycles. The number of rotatable bonds is 6. The van der Waals surface area contributed by atoms with E-state index in [1.165, 1.54) is 11.8 Å². The van der Waals surface area contributed by atoms with Crippen LogP contribution < -0.4 is 0 Å². The van der Waals surface area contributed by atoms with Gasteiger partial charge in [0.1, 0.15) is 6.54 Å². The number of amides is 2. The van der Waals surface area contributed by atoms with Gasteiger partial charge in [0, 0.05) is 45.7 Å². The van der Waals surface area contributed by atoms with Gasteiger partial charge < -0.3 is 19.6 Å². The molecule has 2 rings (SSSR count). The molecule has 2 amide bonds. The van der Waals surface area contributed by atoms with Crippen LogP contribution in [-0.2, 0) is 19.1 Å². The van der Waals surface area contributed by atoms with Gasteiger partial charge in [-0.05, 0) is 44.4 Å². The van der Waals surface area contributed by atoms with E-state index in [0.29, 0.717) is 31.8 Å². The van der Waals surface area contributed by atoms with Crippen molar-refractivity contribution in [3.63, 3.8) is 0 Å². The summed E-state index contributed by atoms with van der Waals surface area (Å²) < 4.78 is 5.46. The van der Waals surface area contributed by atoms with E-state index in [4.69, 9.17) is 9.84 Å². The van der Waals surface area contributed by atoms with Gasteiger partial charge in [-0.3, -0.25) is 14.4 Å². The third-order valence-corrected chi connectivity index (χ3v) is 5.22. The van der Waals surface area contributed by atoms with Gasteiger partial charge in [-0.25, -0.2) is 0 Å². The van der Waals surface area contributed by atoms with Crippen molar-refractivity contribution in [2.45, 2.75) is 57.9 Å². The van der Waals surface area contributed by atoms with Gasteiger partial charge in [-0.2, -0.15) is 0 Å². The topological polar surface area (TPSA) is 87.2 Å². The minimum Gasteiger partial charge on any atom is -0.480 e. The SMILES string of the molecule is CC(=O)N(CC(=O)O)C1CCCN(C(=O)CCC2CCCOC2)CC1. The Hall–Kier alpha value is -1.63. The smallest absolute Gasteiger partial charge is 0.323 e. The molecule has 25 heavy (non-hydrogen) atoms. The Morgan fingerprint density at radius 2 is 1.96 bits per heavy atom. The summed E-state index contributed by atoms with van der Waals surface area (Å²) in [4.78, 5) is 38.5. The third kappa shape index (κ3) is 6.30. The highest BCUT2D eigenvalue weighted by Gasteiger charge is 2.27. The van der Waals surface area contributed by atoms with Gasteiger partial charge in [0.2, 0.25) is 11.8 Å². The molecule has 0 aromatic rings. The molecule has 0 saturated carbocycles. The zero-order valence-electron chi connectivity index (χ0n) is 15.1. The van der Waals surface area contributed by atoms with Crippen molar-refractivity contribution in [3.8, 4) is 0 Å². The van der Waals surface area contributed by atoms with Crippen LogP contribution in [0.3, 0.4) is 0 Å². The average molecular weight is 354 g/mol. The molecule has 0 aliphatic carbocycles. The number of carboxylic acids is 1. The number of carbonyl (C=O) groups is 3. The van der Waals surface area contributed by atoms with Crippen LogP contribution in [0.15, 0.2) is 0 Å². The largest absolute Gasteiger partial charge is 0.480 e. The van der Waals surface area contributed by atoms with Crippen LogP contribution in [0.25, 0.3) is 0 Å². The fraction of sp³-hybridized carbons (Fsp3) is 0.833. The molecule has 2 aliphatic rings. The lowest BCUT2D eigenvalue weighted by atomic mass is 9.96. The molecule has 0 aromatic heterocycles. The van der Waals surface area contributed by atoms with E-state index < -0.39 is 5.97 Å². The number of nitrogens with zero attached hydrogens (tertiary/aromatic N) is 2. The predicted molar refractivity (Wildman–Crippen MR) is 92.0 cm³/mol. The number of ether oxygens (including phenoxy) is 1. The molecule has 0 bridgehead atoms. The first-order valence-corrected chi connectivity index (χ1v) is 9.32. The van der Waals surface area contributed by atoms with Crippen LogP contribution >= 0.6 is 0 Å². The Balaban J connectivity index is 1.81. The zero-order valence-corrected chi connectivity index (χ0v) is 15.1. The summed E-state index contributed by atoms with van der Waals surface area (Å²) in [7, 11) is 0. The minimum atomic E-state index is -0.998. The molecule has 2 heterocycles. The fourth-order valence-corrected chi connectivity index (χ4v) is 3.80. The van der Waals surface area contributed by atoms with Gasteiger partial charge in [0.05, 0.1) is 0 Å². The summed E-state index contributed by atoms with van der Waals surface area (Å²) in [6.45, 7) is 4.01. The summed E-state index contributed by atoms with van der Waals surface area (Å²) in [5, 5.41) is 9.00. The van der Waals surface area contributed by atoms with Crippen LogP contribution in [0.4, 0.5) is 0 Å². The van der Waals surface area contributed by atoms with Gasteiger partial charge >= 0.3 is 5.97 Å². The van der Waals surface area contributed by atoms with Crippen molar-refractivity contribution in [2.75, 3.05) is 32.8 Å². The molecule has 0 aromatic carbocycles. The second-order valence-corrected chi connectivity index (χ2v) is 7.13. The Morgan fingerprint density at radius 1 is 1.16 bits per heavy atom. The first kappa shape index (κ1) is 19.7. The van der Waals surface area contributed by atoms with E-state index in [2.05, 4.69) is 0 Å². The molecule has 7 heteroatoms. The molecule has 2 unspecified atom stereocenters. The van der Waals surface area contributed by atoms with E-state index >= 15 is 0 Å². The summed E-state index contributed by atoms with van der Waals surface area (Å²) in [5.74, 6) is -0.563. The summed E-state index contributed by atoms with van der Waals surface area (Å²) in [5.41, 5.74) is 0. The van der Waals surface area contributed by atoms with Gasteiger partial charge in [-0.15, -0.1) is 0 Å². The summed E-state index contributed by atoms with van der Waals surface area (Å²) in [6.07, 6.45) is 5.82. The van der Waals surface area contributed by atoms with Crippen molar-refractivity contribution < 1.29 is 24.2 Å². The number of carbonyl (C=O) groups excluding carboxylic acids is 2. The first-order valence-electron chi connectivity index (χ1n) is 9.32. The molecule has 0 radical (unpaired) electrons. The highest BCUT2D eigenvalue weighted by molar-refractivity contribution is 5.80. The van der Waals surface area contributed by atoms with Gasteiger partial charge in [0.15, 0.2) is 0 Å². The molecular weight excluding hydrogens is 324 g/mol. The fourth-order valence-electron chi connectivity index (χ4n) is 3.80. The van der Waals surface area contributed by atoms with E-state index in [0.717, 1.165) is 45.3 Å². The second-order valence-electron chi connectivity index (χ2n) is 7.13. The van der Waals surface area contributed by atoms with Crippen molar-refractivity contribution in [2.24, 2.45) is 5.92 Å². The molecular formula is C18H30N2O5. The van der Waals surface area contributed by atoms with Crippen LogP contribution in [0.5, 0.6) is 0 Å². The molecule has 2 fully saturated rings. The third-order valence-electron chi connectivity index (χ3n) is 5.22. The summed E-state index contributed by atoms with van der Waals surface area (Å²) >= 11 is 0. The molecule has 142 valence electrons. The highest BCUT2D eigenvalue weighted by atomic mass is 16.5. The van der Waals surface area contributed by atoms with Crippen molar-refractivity contribution >= 4 is 17.8 Å². The quantitative estimate of drug-likeness (QED) is 0.781. The number of hydrogen-bond acceptors (Lipinski definition) is 4. The van der Waals surface area contributed by atoms with Crippen molar-refractivity contribution in [1.29, 1.82) is 0 Å². The molecule has 2 saturated heterocycles. The minimum absolute atomic E-state index is 0.0989. The Labute approximate surface area is 149 Å². The number of aliphatic carboxylic acids is 1. The van der Waals surface area contributed by atoms with Gasteiger partial charge in [0.25, 0.3) is 0 Å². The first-order chi connectivity index (χ1) is 12.0. The molecule has 1 N–H and O–H groups in total. The van der Waals surface area contributed by atoms with Crippen LogP contribution in [-0.4, -0.2) is 71.6 Å². The number of hydrogen-bond donors (Lipinski definition) is 1. The van der Waals surface area contributed by atoms with E-state index in [1.807, 2.05) is 4.90 Å². The number of carboxylic acid groups (broad SMARTS) is 1. The normalized spacial score (nSPS) is 24.4. The summed E-state index contributed by atoms with van der Waals surface area (Å²) in [6, 6.07) is -0.0989. The molecule has 0 spiro atoms. The lowest BCUT2D eigenvalue weighted by Gasteiger charge is -2.29. The Kier molecular flexibility index (Phi) is 7.68. The van der Waals surface area contributed by atoms with Crippen molar-refractivity contribution in [3.05, 3.63) is 0 Å². The van der Waals surface area contributed by atoms with E-state index in [-0.39, 0.29) is 24.4 Å². The number of likely N-dealkylation sites (tertiary alicyclic amines) is 1. The van der Waals surface area contributed by atoms with E-state index in [9.17, 15) is 14.4 Å². The average Bonchev–Trinajstić information content (AvgIpc) is 2.84. The van der Waals surface area contributed by atoms with Crippen LogP contribution in [0, 0.1) is 5.92 Å². The highest BCUT2D eigenvalue weighted by Crippen LogP contribution is 2.21. The Morgan fingerprint density at radius 3 is 2.60 bits per heavy atom. The second kappa shape index (κ2) is 9.75. The zero-order chi connectivity index (χ0) is 18.2. The van der Waals surface area contributed by atoms with Crippen LogP contribution in [0.1, 0.15) is 51.9 Å². The molecule has 2 atom stereocenters. The maximum Gasteiger partial charge on any atom is 0.323 e. The van der Waals surface area contributed by atoms with Crippen molar-refractivity contribution in [1.82, 2.24) is 9.80 Å². The maximum absolute atomic E-state index is 12.5. The standard InChI is InChI=1S/C18H30N2O5/c1-14(21)20(12-18(23)24)16-5-2-9-19(10-8-16)17(22)7-6-15-4-3-11-25-13-15/h15-16H,2-13H2,1H3,(H,23,24). The molecule has 7 nitrogen and oxygen atoms in total. The van der Waals surface area contributed by atoms with Crippen LogP contribution in [0.2, 0.25) is 0 Å². The lowest BCUT2D eigenvalue weighted by Crippen LogP contribution is -2.43. The van der Waals surface area contributed by atoms with Gasteiger partial charge in [-0.1, -0.05) is 0 Å². The Bertz CT molecular complexity index is 476.